The van der Waals surface area contributed by atoms with Crippen LogP contribution in [0.15, 0.2) is 47.2 Å². The summed E-state index contributed by atoms with van der Waals surface area (Å²) < 4.78 is 42.8. The zero-order valence-corrected chi connectivity index (χ0v) is 21.5. The van der Waals surface area contributed by atoms with Crippen LogP contribution in [-0.4, -0.2) is 79.2 Å². The second kappa shape index (κ2) is 10.1. The molecule has 0 spiro atoms. The molecule has 14 heteroatoms. The Hall–Kier alpha value is -4.72. The standard InChI is InChI=1S/C26H26F2N8O4/c1-15(25(37)38)40-23-13-21(17(27)11-18(23)28)34-7-4-33(5-8-34)6-9-35-24-16(14-30-35)20-12-19(22-3-2-10-39-22)32-36(20)26(29)31-24/h2-3,10-15H,4-9H2,1H3,(H2,29,31)(H,37,38)/t15-/m0/s1. The Morgan fingerprint density at radius 3 is 2.70 bits per heavy atom. The number of piperazine rings is 1. The van der Waals surface area contributed by atoms with Gasteiger partial charge in [-0.15, -0.1) is 0 Å². The number of nitrogens with two attached hydrogens (primary N) is 1. The molecule has 1 saturated heterocycles. The van der Waals surface area contributed by atoms with Crippen molar-refractivity contribution in [3.8, 4) is 17.2 Å². The van der Waals surface area contributed by atoms with E-state index >= 15 is 0 Å². The normalized spacial score (nSPS) is 15.2. The molecule has 40 heavy (non-hydrogen) atoms. The first-order chi connectivity index (χ1) is 19.3. The number of hydrogen-bond donors (Lipinski definition) is 2. The van der Waals surface area contributed by atoms with Crippen molar-refractivity contribution < 1.29 is 27.8 Å². The van der Waals surface area contributed by atoms with Gasteiger partial charge in [0, 0.05) is 44.9 Å². The number of rotatable bonds is 8. The number of nitrogen functional groups attached to an aromatic ring is 1. The van der Waals surface area contributed by atoms with Gasteiger partial charge in [-0.25, -0.2) is 18.3 Å². The van der Waals surface area contributed by atoms with Gasteiger partial charge in [-0.1, -0.05) is 0 Å². The fourth-order valence-electron chi connectivity index (χ4n) is 4.83. The average molecular weight is 553 g/mol. The number of carboxylic acid groups (broad SMARTS) is 1. The first-order valence-corrected chi connectivity index (χ1v) is 12.7. The molecule has 0 unspecified atom stereocenters. The number of furan rings is 1. The van der Waals surface area contributed by atoms with Crippen LogP contribution < -0.4 is 15.4 Å². The molecule has 0 radical (unpaired) electrons. The number of ether oxygens (including phenoxy) is 1. The van der Waals surface area contributed by atoms with E-state index in [0.29, 0.717) is 56.4 Å². The molecule has 0 amide bonds. The minimum Gasteiger partial charge on any atom is -0.479 e. The van der Waals surface area contributed by atoms with Crippen LogP contribution in [0, 0.1) is 11.6 Å². The smallest absolute Gasteiger partial charge is 0.344 e. The summed E-state index contributed by atoms with van der Waals surface area (Å²) >= 11 is 0. The number of anilines is 2. The maximum atomic E-state index is 14.6. The second-order valence-corrected chi connectivity index (χ2v) is 9.54. The third-order valence-corrected chi connectivity index (χ3v) is 7.00. The first kappa shape index (κ1) is 25.6. The molecule has 1 fully saturated rings. The number of benzene rings is 1. The Labute approximate surface area is 226 Å². The predicted molar refractivity (Wildman–Crippen MR) is 141 cm³/mol. The van der Waals surface area contributed by atoms with Crippen LogP contribution in [-0.2, 0) is 11.3 Å². The zero-order chi connectivity index (χ0) is 28.0. The Kier molecular flexibility index (Phi) is 6.46. The highest BCUT2D eigenvalue weighted by atomic mass is 19.1. The molecule has 5 aromatic rings. The van der Waals surface area contributed by atoms with Crippen molar-refractivity contribution in [2.45, 2.75) is 19.6 Å². The van der Waals surface area contributed by atoms with Gasteiger partial charge in [-0.2, -0.15) is 19.7 Å². The molecule has 0 aliphatic carbocycles. The van der Waals surface area contributed by atoms with Crippen LogP contribution in [0.5, 0.6) is 5.75 Å². The van der Waals surface area contributed by atoms with Gasteiger partial charge in [0.2, 0.25) is 5.95 Å². The van der Waals surface area contributed by atoms with Crippen LogP contribution in [0.3, 0.4) is 0 Å². The highest BCUT2D eigenvalue weighted by Gasteiger charge is 2.24. The van der Waals surface area contributed by atoms with E-state index in [9.17, 15) is 13.6 Å². The van der Waals surface area contributed by atoms with E-state index in [1.54, 1.807) is 32.6 Å². The van der Waals surface area contributed by atoms with Crippen molar-refractivity contribution in [2.75, 3.05) is 43.4 Å². The summed E-state index contributed by atoms with van der Waals surface area (Å²) in [7, 11) is 0. The Morgan fingerprint density at radius 1 is 1.18 bits per heavy atom. The van der Waals surface area contributed by atoms with Gasteiger partial charge in [0.05, 0.1) is 35.6 Å². The van der Waals surface area contributed by atoms with Crippen molar-refractivity contribution in [1.29, 1.82) is 0 Å². The second-order valence-electron chi connectivity index (χ2n) is 9.54. The molecule has 208 valence electrons. The van der Waals surface area contributed by atoms with Gasteiger partial charge in [0.15, 0.2) is 29.1 Å². The average Bonchev–Trinajstić information content (AvgIpc) is 3.69. The van der Waals surface area contributed by atoms with Gasteiger partial charge >= 0.3 is 5.97 Å². The predicted octanol–water partition coefficient (Wildman–Crippen LogP) is 2.87. The number of fused-ring (bicyclic) bond motifs is 3. The van der Waals surface area contributed by atoms with Gasteiger partial charge in [0.25, 0.3) is 0 Å². The van der Waals surface area contributed by atoms with Crippen LogP contribution >= 0.6 is 0 Å². The molecule has 1 aliphatic rings. The highest BCUT2D eigenvalue weighted by Crippen LogP contribution is 2.30. The quantitative estimate of drug-likeness (QED) is 0.295. The molecular formula is C26H26F2N8O4. The maximum Gasteiger partial charge on any atom is 0.344 e. The summed E-state index contributed by atoms with van der Waals surface area (Å²) in [6.45, 7) is 4.76. The third-order valence-electron chi connectivity index (χ3n) is 7.00. The number of aromatic nitrogens is 5. The molecule has 6 rings (SSSR count). The van der Waals surface area contributed by atoms with E-state index < -0.39 is 23.7 Å². The fraction of sp³-hybridized carbons (Fsp3) is 0.308. The molecule has 12 nitrogen and oxygen atoms in total. The molecule has 1 aromatic carbocycles. The highest BCUT2D eigenvalue weighted by molar-refractivity contribution is 5.93. The number of halogens is 2. The van der Waals surface area contributed by atoms with Crippen LogP contribution in [0.1, 0.15) is 6.92 Å². The molecule has 0 saturated carbocycles. The lowest BCUT2D eigenvalue weighted by Crippen LogP contribution is -2.47. The Bertz CT molecular complexity index is 1690. The molecule has 1 atom stereocenters. The topological polar surface area (TPSA) is 140 Å². The molecule has 1 aliphatic heterocycles. The SMILES string of the molecule is C[C@H](Oc1cc(N2CCN(CCn3ncc4c3nc(N)n3nc(-c5ccco5)cc43)CC2)c(F)cc1F)C(=O)O. The minimum atomic E-state index is -1.27. The summed E-state index contributed by atoms with van der Waals surface area (Å²) in [5.41, 5.74) is 8.44. The van der Waals surface area contributed by atoms with Crippen molar-refractivity contribution in [3.05, 3.63) is 54.4 Å². The summed E-state index contributed by atoms with van der Waals surface area (Å²) in [5.74, 6) is -2.35. The van der Waals surface area contributed by atoms with Crippen molar-refractivity contribution >= 4 is 34.2 Å². The van der Waals surface area contributed by atoms with Gasteiger partial charge in [0.1, 0.15) is 11.5 Å². The van der Waals surface area contributed by atoms with Crippen LogP contribution in [0.25, 0.3) is 28.0 Å². The van der Waals surface area contributed by atoms with Crippen molar-refractivity contribution in [1.82, 2.24) is 29.3 Å². The van der Waals surface area contributed by atoms with E-state index in [0.717, 1.165) is 17.0 Å². The zero-order valence-electron chi connectivity index (χ0n) is 21.5. The van der Waals surface area contributed by atoms with Crippen molar-refractivity contribution in [2.24, 2.45) is 0 Å². The monoisotopic (exact) mass is 552 g/mol. The molecule has 0 bridgehead atoms. The number of carboxylic acids is 1. The first-order valence-electron chi connectivity index (χ1n) is 12.7. The van der Waals surface area contributed by atoms with Crippen LogP contribution in [0.4, 0.5) is 20.4 Å². The van der Waals surface area contributed by atoms with E-state index in [2.05, 4.69) is 20.1 Å². The third kappa shape index (κ3) is 4.66. The summed E-state index contributed by atoms with van der Waals surface area (Å²) in [6.07, 6.45) is 2.06. The maximum absolute atomic E-state index is 14.6. The van der Waals surface area contributed by atoms with E-state index in [1.165, 1.54) is 13.0 Å². The molecule has 5 heterocycles. The molecule has 4 aromatic heterocycles. The summed E-state index contributed by atoms with van der Waals surface area (Å²) in [4.78, 5) is 19.6. The number of carbonyl (C=O) groups is 1. The number of aliphatic carboxylic acids is 1. The minimum absolute atomic E-state index is 0.171. The Morgan fingerprint density at radius 2 is 1.98 bits per heavy atom. The van der Waals surface area contributed by atoms with Gasteiger partial charge in [-0.05, 0) is 25.1 Å². The number of nitrogens with zero attached hydrogens (tertiary/aromatic N) is 7. The lowest BCUT2D eigenvalue weighted by atomic mass is 10.2. The van der Waals surface area contributed by atoms with E-state index in [4.69, 9.17) is 20.0 Å². The van der Waals surface area contributed by atoms with Crippen molar-refractivity contribution in [3.63, 3.8) is 0 Å². The lowest BCUT2D eigenvalue weighted by molar-refractivity contribution is -0.144. The lowest BCUT2D eigenvalue weighted by Gasteiger charge is -2.36. The molecular weight excluding hydrogens is 526 g/mol. The summed E-state index contributed by atoms with van der Waals surface area (Å²) in [5, 5.41) is 18.9. The van der Waals surface area contributed by atoms with Gasteiger partial charge in [-0.3, -0.25) is 4.90 Å². The molecule has 3 N–H and O–H groups in total. The largest absolute Gasteiger partial charge is 0.479 e. The number of hydrogen-bond acceptors (Lipinski definition) is 9. The summed E-state index contributed by atoms with van der Waals surface area (Å²) in [6, 6.07) is 7.45. The Balaban J connectivity index is 1.13. The van der Waals surface area contributed by atoms with E-state index in [-0.39, 0.29) is 17.4 Å². The fourth-order valence-corrected chi connectivity index (χ4v) is 4.83. The van der Waals surface area contributed by atoms with E-state index in [1.807, 2.05) is 12.1 Å². The van der Waals surface area contributed by atoms with Crippen LogP contribution in [0.2, 0.25) is 0 Å². The van der Waals surface area contributed by atoms with Gasteiger partial charge < -0.3 is 24.9 Å².